The van der Waals surface area contributed by atoms with Crippen LogP contribution in [0.25, 0.3) is 0 Å². The Balaban J connectivity index is -0.00000000750. The number of hydrogen-bond donors (Lipinski definition) is 2. The fraction of sp³-hybridized carbons (Fsp3) is 0. The Hall–Kier alpha value is 3.13. The summed E-state index contributed by atoms with van der Waals surface area (Å²) in [4.78, 5) is 0. The molecule has 0 bridgehead atoms. The van der Waals surface area contributed by atoms with Gasteiger partial charge in [-0.05, 0) is 0 Å². The van der Waals surface area contributed by atoms with Crippen LogP contribution in [0.4, 0.5) is 4.70 Å². The van der Waals surface area contributed by atoms with Crippen LogP contribution in [-0.2, 0) is 21.9 Å². The van der Waals surface area contributed by atoms with E-state index in [1.165, 1.54) is 0 Å². The molecule has 0 saturated carbocycles. The van der Waals surface area contributed by atoms with Gasteiger partial charge < -0.3 is 0 Å². The average molecular weight is 273 g/mol. The molecule has 0 amide bonds. The molecule has 8 heavy (non-hydrogen) atoms. The van der Waals surface area contributed by atoms with Gasteiger partial charge in [-0.15, -0.1) is 0 Å². The van der Waals surface area contributed by atoms with Gasteiger partial charge in [0.15, 0.2) is 0 Å². The molecule has 0 aliphatic heterocycles. The summed E-state index contributed by atoms with van der Waals surface area (Å²) in [7, 11) is 0. The van der Waals surface area contributed by atoms with Gasteiger partial charge in [-0.25, -0.2) is 0 Å². The Kier molecular flexibility index (Phi) is 85.4. The Morgan fingerprint density at radius 2 is 1.12 bits per heavy atom. The number of hydrogen-bond acceptors (Lipinski definition) is 1. The molecule has 0 heterocycles. The van der Waals surface area contributed by atoms with Crippen LogP contribution < -0.4 is 0 Å². The summed E-state index contributed by atoms with van der Waals surface area (Å²) >= 11 is -3.58. The van der Waals surface area contributed by atoms with E-state index in [1.807, 2.05) is 0 Å². The third-order valence-electron chi connectivity index (χ3n) is 0. The first-order chi connectivity index (χ1) is 1.73. The molecule has 0 spiro atoms. The van der Waals surface area contributed by atoms with Gasteiger partial charge >= 0.3 is 116 Å². The van der Waals surface area contributed by atoms with E-state index in [1.54, 1.807) is 0 Å². The minimum absolute atomic E-state index is 0. The normalized spacial score (nSPS) is 3.25. The first kappa shape index (κ1) is 30.4. The van der Waals surface area contributed by atoms with E-state index in [9.17, 15) is 0 Å². The standard InChI is InChI=1S/Ba.FH.2Li.2H2O.O.Ti.4H/h;1H;;;2*1H2;;;;;;/q;;;;;;;+2;;;;/p-2. The maximum absolute atomic E-state index is 8.81. The van der Waals surface area contributed by atoms with Crippen LogP contribution in [0.15, 0.2) is 0 Å². The predicted octanol–water partition coefficient (Wildman–Crippen LogP) is -3.30. The van der Waals surface area contributed by atoms with Gasteiger partial charge in [0.1, 0.15) is 0 Å². The van der Waals surface area contributed by atoms with Crippen LogP contribution in [0.3, 0.4) is 0 Å². The van der Waals surface area contributed by atoms with Crippen LogP contribution in [0.1, 0.15) is 0 Å². The van der Waals surface area contributed by atoms with Gasteiger partial charge in [0.2, 0.25) is 0 Å². The second kappa shape index (κ2) is 22.5. The van der Waals surface area contributed by atoms with Crippen LogP contribution in [0, 0.1) is 0 Å². The van der Waals surface area contributed by atoms with Gasteiger partial charge in [0.25, 0.3) is 0 Å². The van der Waals surface area contributed by atoms with Crippen molar-refractivity contribution in [2.75, 3.05) is 0 Å². The summed E-state index contributed by atoms with van der Waals surface area (Å²) in [6, 6.07) is 0. The fourth-order valence-electron chi connectivity index (χ4n) is 0. The van der Waals surface area contributed by atoms with Gasteiger partial charge in [-0.3, -0.25) is 4.70 Å². The van der Waals surface area contributed by atoms with E-state index in [2.05, 4.69) is 0 Å². The third-order valence-corrected chi connectivity index (χ3v) is 0. The molecule has 0 fully saturated rings. The second-order valence-electron chi connectivity index (χ2n) is 0.283. The summed E-state index contributed by atoms with van der Waals surface area (Å²) in [6.45, 7) is 0. The summed E-state index contributed by atoms with van der Waals surface area (Å²) in [6.07, 6.45) is 0. The van der Waals surface area contributed by atoms with E-state index in [-0.39, 0.29) is 91.3 Å². The Morgan fingerprint density at radius 1 is 1.12 bits per heavy atom. The van der Waals surface area contributed by atoms with E-state index >= 15 is 0 Å². The maximum atomic E-state index is 8.81. The quantitative estimate of drug-likeness (QED) is 0.455. The predicted molar refractivity (Wildman–Crippen MR) is 30.5 cm³/mol. The molecule has 0 rings (SSSR count). The zero-order valence-electron chi connectivity index (χ0n) is 2.21. The van der Waals surface area contributed by atoms with Crippen molar-refractivity contribution in [1.29, 1.82) is 0 Å². The van der Waals surface area contributed by atoms with Gasteiger partial charge in [-0.1, -0.05) is 0 Å². The van der Waals surface area contributed by atoms with E-state index in [0.717, 1.165) is 0 Å². The van der Waals surface area contributed by atoms with Crippen LogP contribution >= 0.6 is 0 Å². The molecule has 0 atom stereocenters. The molecule has 2 N–H and O–H groups in total. The molecular weight excluding hydrogens is 266 g/mol. The minimum atomic E-state index is -3.58. The SMILES string of the molecule is F.[BaH2].[LiH].[LiH].[O]=[Ti]([OH])[OH]. The molecular formula is H7BaFLi2O3Ti. The Morgan fingerprint density at radius 3 is 1.12 bits per heavy atom. The Labute approximate surface area is 118 Å². The molecule has 40 valence electrons. The Bertz CT molecular complexity index is 40.3. The average Bonchev–Trinajstić information content (AvgIpc) is 0.811. The van der Waals surface area contributed by atoms with E-state index in [4.69, 9.17) is 10.7 Å². The number of halogens is 1. The van der Waals surface area contributed by atoms with Crippen molar-refractivity contribution >= 4 is 86.6 Å². The van der Waals surface area contributed by atoms with Crippen LogP contribution in [0.2, 0.25) is 0 Å². The molecule has 0 aromatic heterocycles. The summed E-state index contributed by atoms with van der Waals surface area (Å²) in [5.74, 6) is 0. The molecule has 0 saturated heterocycles. The second-order valence-corrected chi connectivity index (χ2v) is 1.17. The molecule has 0 unspecified atom stereocenters. The van der Waals surface area contributed by atoms with Crippen molar-refractivity contribution in [2.45, 2.75) is 0 Å². The molecule has 0 aliphatic carbocycles. The van der Waals surface area contributed by atoms with E-state index in [0.29, 0.717) is 0 Å². The van der Waals surface area contributed by atoms with Crippen molar-refractivity contribution in [3.63, 3.8) is 0 Å². The monoisotopic (exact) mass is 274 g/mol. The van der Waals surface area contributed by atoms with Crippen molar-refractivity contribution in [2.24, 2.45) is 0 Å². The molecule has 3 nitrogen and oxygen atoms in total. The van der Waals surface area contributed by atoms with Gasteiger partial charge in [-0.2, -0.15) is 0 Å². The van der Waals surface area contributed by atoms with Crippen LogP contribution in [0.5, 0.6) is 0 Å². The molecule has 0 aromatic rings. The topological polar surface area (TPSA) is 57.5 Å². The molecule has 0 radical (unpaired) electrons. The summed E-state index contributed by atoms with van der Waals surface area (Å²) < 4.78 is 23.2. The van der Waals surface area contributed by atoms with Crippen molar-refractivity contribution < 1.29 is 34.0 Å². The first-order valence-corrected chi connectivity index (χ1v) is 2.69. The van der Waals surface area contributed by atoms with Gasteiger partial charge in [0.05, 0.1) is 0 Å². The van der Waals surface area contributed by atoms with Crippen molar-refractivity contribution in [3.05, 3.63) is 0 Å². The van der Waals surface area contributed by atoms with Gasteiger partial charge in [0, 0.05) is 0 Å². The van der Waals surface area contributed by atoms with Crippen molar-refractivity contribution in [3.8, 4) is 0 Å². The molecule has 0 aliphatic rings. The van der Waals surface area contributed by atoms with Crippen molar-refractivity contribution in [1.82, 2.24) is 0 Å². The fourth-order valence-corrected chi connectivity index (χ4v) is 0. The zero-order valence-corrected chi connectivity index (χ0v) is 3.77. The zero-order chi connectivity index (χ0) is 3.58. The third kappa shape index (κ3) is 61.6. The number of rotatable bonds is 0. The van der Waals surface area contributed by atoms with E-state index < -0.39 is 18.6 Å². The first-order valence-electron chi connectivity index (χ1n) is 0.651. The molecule has 8 heteroatoms. The van der Waals surface area contributed by atoms with Crippen LogP contribution in [-0.4, -0.2) is 94.0 Å². The summed E-state index contributed by atoms with van der Waals surface area (Å²) in [5, 5.41) is 0. The summed E-state index contributed by atoms with van der Waals surface area (Å²) in [5.41, 5.74) is 0. The molecule has 0 aromatic carbocycles.